The molecule has 23 heavy (non-hydrogen) atoms. The molecule has 0 saturated heterocycles. The Balaban J connectivity index is 1.81. The Morgan fingerprint density at radius 2 is 1.74 bits per heavy atom. The Kier molecular flexibility index (Phi) is 2.66. The van der Waals surface area contributed by atoms with E-state index < -0.39 is 0 Å². The SMILES string of the molecule is c1cc(-c2ccc3c(n2)sc2ccccc23)c2nnccc2c1. The Morgan fingerprint density at radius 1 is 0.783 bits per heavy atom. The summed E-state index contributed by atoms with van der Waals surface area (Å²) in [5, 5.41) is 11.9. The quantitative estimate of drug-likeness (QED) is 0.434. The number of pyridine rings is 1. The van der Waals surface area contributed by atoms with E-state index in [-0.39, 0.29) is 0 Å². The van der Waals surface area contributed by atoms with E-state index in [1.165, 1.54) is 15.5 Å². The van der Waals surface area contributed by atoms with Crippen LogP contribution in [0.4, 0.5) is 0 Å². The number of rotatable bonds is 1. The molecule has 0 aliphatic carbocycles. The topological polar surface area (TPSA) is 38.7 Å². The lowest BCUT2D eigenvalue weighted by molar-refractivity contribution is 1.08. The van der Waals surface area contributed by atoms with Gasteiger partial charge in [0.2, 0.25) is 0 Å². The van der Waals surface area contributed by atoms with Crippen LogP contribution >= 0.6 is 11.3 Å². The van der Waals surface area contributed by atoms with Crippen LogP contribution in [0.1, 0.15) is 0 Å². The van der Waals surface area contributed by atoms with Crippen molar-refractivity contribution < 1.29 is 0 Å². The van der Waals surface area contributed by atoms with E-state index in [1.807, 2.05) is 18.2 Å². The third-order valence-corrected chi connectivity index (χ3v) is 5.15. The van der Waals surface area contributed by atoms with E-state index in [1.54, 1.807) is 17.5 Å². The third kappa shape index (κ3) is 1.92. The summed E-state index contributed by atoms with van der Waals surface area (Å²) >= 11 is 1.73. The zero-order chi connectivity index (χ0) is 15.2. The molecule has 0 aliphatic rings. The summed E-state index contributed by atoms with van der Waals surface area (Å²) in [6, 6.07) is 20.8. The van der Waals surface area contributed by atoms with Gasteiger partial charge in [-0.2, -0.15) is 5.10 Å². The Labute approximate surface area is 136 Å². The molecule has 0 spiro atoms. The van der Waals surface area contributed by atoms with Gasteiger partial charge in [-0.25, -0.2) is 4.98 Å². The van der Waals surface area contributed by atoms with Crippen LogP contribution in [0.15, 0.2) is 66.9 Å². The first-order valence-corrected chi connectivity index (χ1v) is 8.21. The lowest BCUT2D eigenvalue weighted by Gasteiger charge is -2.04. The van der Waals surface area contributed by atoms with Crippen LogP contribution in [0.5, 0.6) is 0 Å². The molecule has 0 unspecified atom stereocenters. The molecule has 108 valence electrons. The van der Waals surface area contributed by atoms with Gasteiger partial charge in [0.25, 0.3) is 0 Å². The van der Waals surface area contributed by atoms with Crippen molar-refractivity contribution in [2.45, 2.75) is 0 Å². The van der Waals surface area contributed by atoms with Gasteiger partial charge in [0.1, 0.15) is 10.3 Å². The van der Waals surface area contributed by atoms with Gasteiger partial charge in [-0.3, -0.25) is 0 Å². The average molecular weight is 313 g/mol. The highest BCUT2D eigenvalue weighted by molar-refractivity contribution is 7.25. The van der Waals surface area contributed by atoms with Crippen LogP contribution < -0.4 is 0 Å². The number of hydrogen-bond acceptors (Lipinski definition) is 4. The van der Waals surface area contributed by atoms with Crippen molar-refractivity contribution >= 4 is 42.5 Å². The van der Waals surface area contributed by atoms with Crippen molar-refractivity contribution in [1.82, 2.24) is 15.2 Å². The van der Waals surface area contributed by atoms with Gasteiger partial charge >= 0.3 is 0 Å². The normalized spacial score (nSPS) is 11.5. The molecule has 0 saturated carbocycles. The highest BCUT2D eigenvalue weighted by Gasteiger charge is 2.10. The predicted octanol–water partition coefficient (Wildman–Crippen LogP) is 5.06. The summed E-state index contributed by atoms with van der Waals surface area (Å²) < 4.78 is 1.27. The molecule has 3 nitrogen and oxygen atoms in total. The number of hydrogen-bond donors (Lipinski definition) is 0. The molecule has 0 fully saturated rings. The molecule has 0 amide bonds. The zero-order valence-electron chi connectivity index (χ0n) is 12.1. The fourth-order valence-corrected chi connectivity index (χ4v) is 4.05. The van der Waals surface area contributed by atoms with E-state index in [9.17, 15) is 0 Å². The first kappa shape index (κ1) is 12.7. The molecule has 0 N–H and O–H groups in total. The standard InChI is InChI=1S/C19H11N3S/c1-2-7-17-13(5-1)14-8-9-16(21-19(14)23-17)15-6-3-4-12-10-11-20-22-18(12)15/h1-11H. The number of thiophene rings is 1. The van der Waals surface area contributed by atoms with Crippen molar-refractivity contribution in [2.75, 3.05) is 0 Å². The molecule has 0 radical (unpaired) electrons. The summed E-state index contributed by atoms with van der Waals surface area (Å²) in [5.41, 5.74) is 2.85. The van der Waals surface area contributed by atoms with Crippen LogP contribution in [0.3, 0.4) is 0 Å². The molecule has 5 aromatic rings. The molecule has 0 aliphatic heterocycles. The summed E-state index contributed by atoms with van der Waals surface area (Å²) in [6.45, 7) is 0. The molecule has 0 atom stereocenters. The molecular formula is C19H11N3S. The Hall–Kier alpha value is -2.85. The van der Waals surface area contributed by atoms with Gasteiger partial charge in [-0.15, -0.1) is 16.4 Å². The van der Waals surface area contributed by atoms with Crippen LogP contribution in [-0.4, -0.2) is 15.2 Å². The largest absolute Gasteiger partial charge is 0.237 e. The molecule has 2 aromatic carbocycles. The van der Waals surface area contributed by atoms with Gasteiger partial charge in [0.05, 0.1) is 11.9 Å². The highest BCUT2D eigenvalue weighted by Crippen LogP contribution is 2.34. The maximum Gasteiger partial charge on any atom is 0.125 e. The van der Waals surface area contributed by atoms with Gasteiger partial charge in [0.15, 0.2) is 0 Å². The average Bonchev–Trinajstić information content (AvgIpc) is 2.99. The van der Waals surface area contributed by atoms with Crippen LogP contribution in [0, 0.1) is 0 Å². The second-order valence-electron chi connectivity index (χ2n) is 5.42. The highest BCUT2D eigenvalue weighted by atomic mass is 32.1. The summed E-state index contributed by atoms with van der Waals surface area (Å²) in [4.78, 5) is 5.94. The molecule has 5 rings (SSSR count). The summed E-state index contributed by atoms with van der Waals surface area (Å²) in [7, 11) is 0. The van der Waals surface area contributed by atoms with Crippen LogP contribution in [0.2, 0.25) is 0 Å². The lowest BCUT2D eigenvalue weighted by atomic mass is 10.1. The number of nitrogens with zero attached hydrogens (tertiary/aromatic N) is 3. The van der Waals surface area contributed by atoms with Crippen LogP contribution in [0.25, 0.3) is 42.5 Å². The van der Waals surface area contributed by atoms with Gasteiger partial charge in [-0.1, -0.05) is 36.4 Å². The fraction of sp³-hybridized carbons (Fsp3) is 0. The van der Waals surface area contributed by atoms with E-state index in [0.717, 1.165) is 27.0 Å². The number of aromatic nitrogens is 3. The van der Waals surface area contributed by atoms with Gasteiger partial charge < -0.3 is 0 Å². The van der Waals surface area contributed by atoms with Crippen molar-refractivity contribution in [3.8, 4) is 11.3 Å². The minimum atomic E-state index is 0.892. The maximum atomic E-state index is 4.88. The third-order valence-electron chi connectivity index (χ3n) is 4.07. The Morgan fingerprint density at radius 3 is 2.74 bits per heavy atom. The molecular weight excluding hydrogens is 302 g/mol. The smallest absolute Gasteiger partial charge is 0.125 e. The second-order valence-corrected chi connectivity index (χ2v) is 6.45. The molecule has 0 bridgehead atoms. The van der Waals surface area contributed by atoms with Crippen molar-refractivity contribution in [1.29, 1.82) is 0 Å². The minimum Gasteiger partial charge on any atom is -0.237 e. The molecule has 4 heteroatoms. The van der Waals surface area contributed by atoms with Gasteiger partial charge in [-0.05, 0) is 24.3 Å². The molecule has 3 aromatic heterocycles. The van der Waals surface area contributed by atoms with Crippen LogP contribution in [-0.2, 0) is 0 Å². The summed E-state index contributed by atoms with van der Waals surface area (Å²) in [6.07, 6.45) is 1.72. The Bertz CT molecular complexity index is 1170. The minimum absolute atomic E-state index is 0.892. The van der Waals surface area contributed by atoms with Crippen molar-refractivity contribution in [2.24, 2.45) is 0 Å². The maximum absolute atomic E-state index is 4.88. The second kappa shape index (κ2) is 4.83. The van der Waals surface area contributed by atoms with Crippen molar-refractivity contribution in [3.05, 3.63) is 66.9 Å². The predicted molar refractivity (Wildman–Crippen MR) is 95.7 cm³/mol. The first-order chi connectivity index (χ1) is 11.4. The molecule has 3 heterocycles. The van der Waals surface area contributed by atoms with E-state index >= 15 is 0 Å². The van der Waals surface area contributed by atoms with Gasteiger partial charge in [0, 0.05) is 26.4 Å². The first-order valence-electron chi connectivity index (χ1n) is 7.39. The monoisotopic (exact) mass is 313 g/mol. The fourth-order valence-electron chi connectivity index (χ4n) is 2.97. The van der Waals surface area contributed by atoms with Crippen molar-refractivity contribution in [3.63, 3.8) is 0 Å². The summed E-state index contributed by atoms with van der Waals surface area (Å²) in [5.74, 6) is 0. The zero-order valence-corrected chi connectivity index (χ0v) is 12.9. The van der Waals surface area contributed by atoms with E-state index in [0.29, 0.717) is 0 Å². The van der Waals surface area contributed by atoms with E-state index in [2.05, 4.69) is 52.7 Å². The van der Waals surface area contributed by atoms with E-state index in [4.69, 9.17) is 4.98 Å². The lowest BCUT2D eigenvalue weighted by Crippen LogP contribution is -1.89. The number of benzene rings is 2. The number of fused-ring (bicyclic) bond motifs is 4.